The van der Waals surface area contributed by atoms with Crippen molar-refractivity contribution in [3.05, 3.63) is 60.8 Å². The van der Waals surface area contributed by atoms with Crippen LogP contribution in [0.2, 0.25) is 0 Å². The molecule has 0 radical (unpaired) electrons. The summed E-state index contributed by atoms with van der Waals surface area (Å²) in [5, 5.41) is 2.46. The Morgan fingerprint density at radius 3 is 2.73 bits per heavy atom. The number of rotatable bonds is 4. The third kappa shape index (κ3) is 3.85. The van der Waals surface area contributed by atoms with E-state index in [0.717, 1.165) is 18.2 Å². The fourth-order valence-corrected chi connectivity index (χ4v) is 1.60. The smallest absolute Gasteiger partial charge is 0.416 e. The molecule has 0 aliphatic heterocycles. The van der Waals surface area contributed by atoms with Crippen LogP contribution in [0.15, 0.2) is 55.3 Å². The van der Waals surface area contributed by atoms with Crippen LogP contribution in [0, 0.1) is 0 Å². The molecule has 1 aromatic heterocycles. The van der Waals surface area contributed by atoms with Gasteiger partial charge in [0.15, 0.2) is 0 Å². The van der Waals surface area contributed by atoms with Crippen molar-refractivity contribution >= 4 is 11.6 Å². The molecule has 0 spiro atoms. The number of amides is 1. The standard InChI is InChI=1S/C15H11F3N2O2/c1-2-13(21)20-12-7-4-8-19-14(12)22-11-6-3-5-10(9-11)15(16,17)18/h2-9H,1H2,(H,20,21). The van der Waals surface area contributed by atoms with E-state index in [1.807, 2.05) is 0 Å². The van der Waals surface area contributed by atoms with E-state index in [4.69, 9.17) is 4.74 Å². The summed E-state index contributed by atoms with van der Waals surface area (Å²) in [6.07, 6.45) is -2.02. The number of carbonyl (C=O) groups is 1. The van der Waals surface area contributed by atoms with Crippen LogP contribution in [0.3, 0.4) is 0 Å². The fraction of sp³-hybridized carbons (Fsp3) is 0.0667. The number of nitrogens with one attached hydrogen (secondary N) is 1. The van der Waals surface area contributed by atoms with Crippen molar-refractivity contribution in [1.82, 2.24) is 4.98 Å². The van der Waals surface area contributed by atoms with E-state index in [9.17, 15) is 18.0 Å². The zero-order valence-corrected chi connectivity index (χ0v) is 11.2. The number of hydrogen-bond acceptors (Lipinski definition) is 3. The van der Waals surface area contributed by atoms with Crippen LogP contribution >= 0.6 is 0 Å². The average Bonchev–Trinajstić information content (AvgIpc) is 2.48. The van der Waals surface area contributed by atoms with Crippen LogP contribution in [-0.4, -0.2) is 10.9 Å². The van der Waals surface area contributed by atoms with Gasteiger partial charge < -0.3 is 10.1 Å². The number of halogens is 3. The first kappa shape index (κ1) is 15.6. The van der Waals surface area contributed by atoms with Crippen molar-refractivity contribution in [2.45, 2.75) is 6.18 Å². The molecule has 0 atom stereocenters. The van der Waals surface area contributed by atoms with Gasteiger partial charge in [0, 0.05) is 6.20 Å². The summed E-state index contributed by atoms with van der Waals surface area (Å²) in [7, 11) is 0. The largest absolute Gasteiger partial charge is 0.437 e. The first-order valence-electron chi connectivity index (χ1n) is 6.13. The molecule has 1 heterocycles. The normalized spacial score (nSPS) is 10.9. The van der Waals surface area contributed by atoms with Crippen LogP contribution in [0.25, 0.3) is 0 Å². The van der Waals surface area contributed by atoms with Crippen LogP contribution in [0.1, 0.15) is 5.56 Å². The fourth-order valence-electron chi connectivity index (χ4n) is 1.60. The minimum atomic E-state index is -4.47. The summed E-state index contributed by atoms with van der Waals surface area (Å²) in [5.41, 5.74) is -0.609. The summed E-state index contributed by atoms with van der Waals surface area (Å²) >= 11 is 0. The van der Waals surface area contributed by atoms with E-state index < -0.39 is 17.6 Å². The molecule has 1 amide bonds. The van der Waals surface area contributed by atoms with E-state index in [1.165, 1.54) is 24.4 Å². The van der Waals surface area contributed by atoms with Gasteiger partial charge in [-0.15, -0.1) is 0 Å². The Morgan fingerprint density at radius 1 is 1.27 bits per heavy atom. The van der Waals surface area contributed by atoms with Gasteiger partial charge in [0.2, 0.25) is 11.8 Å². The molecule has 1 N–H and O–H groups in total. The Hall–Kier alpha value is -2.83. The molecule has 22 heavy (non-hydrogen) atoms. The Kier molecular flexibility index (Phi) is 4.45. The van der Waals surface area contributed by atoms with Gasteiger partial charge in [0.05, 0.1) is 5.56 Å². The van der Waals surface area contributed by atoms with E-state index in [2.05, 4.69) is 16.9 Å². The van der Waals surface area contributed by atoms with Crippen LogP contribution in [-0.2, 0) is 11.0 Å². The maximum absolute atomic E-state index is 12.7. The maximum atomic E-state index is 12.7. The van der Waals surface area contributed by atoms with Crippen molar-refractivity contribution in [3.8, 4) is 11.6 Å². The Bertz CT molecular complexity index is 699. The number of hydrogen-bond donors (Lipinski definition) is 1. The molecular weight excluding hydrogens is 297 g/mol. The zero-order chi connectivity index (χ0) is 16.2. The number of nitrogens with zero attached hydrogens (tertiary/aromatic N) is 1. The highest BCUT2D eigenvalue weighted by Crippen LogP contribution is 2.33. The summed E-state index contributed by atoms with van der Waals surface area (Å²) in [6.45, 7) is 3.31. The number of ether oxygens (including phenoxy) is 1. The number of benzene rings is 1. The molecule has 4 nitrogen and oxygen atoms in total. The average molecular weight is 308 g/mol. The monoisotopic (exact) mass is 308 g/mol. The highest BCUT2D eigenvalue weighted by molar-refractivity contribution is 5.99. The highest BCUT2D eigenvalue weighted by Gasteiger charge is 2.30. The maximum Gasteiger partial charge on any atom is 0.416 e. The third-order valence-corrected chi connectivity index (χ3v) is 2.59. The molecule has 0 fully saturated rings. The molecular formula is C15H11F3N2O2. The van der Waals surface area contributed by atoms with Gasteiger partial charge in [-0.25, -0.2) is 4.98 Å². The lowest BCUT2D eigenvalue weighted by atomic mass is 10.2. The molecule has 7 heteroatoms. The predicted octanol–water partition coefficient (Wildman–Crippen LogP) is 4.02. The summed E-state index contributed by atoms with van der Waals surface area (Å²) < 4.78 is 43.3. The number of carbonyl (C=O) groups excluding carboxylic acids is 1. The molecule has 2 aromatic rings. The zero-order valence-electron chi connectivity index (χ0n) is 11.2. The summed E-state index contributed by atoms with van der Waals surface area (Å²) in [6, 6.07) is 7.45. The van der Waals surface area contributed by atoms with Gasteiger partial charge in [0.25, 0.3) is 0 Å². The second kappa shape index (κ2) is 6.30. The number of alkyl halides is 3. The second-order valence-corrected chi connectivity index (χ2v) is 4.18. The molecule has 0 unspecified atom stereocenters. The summed E-state index contributed by atoms with van der Waals surface area (Å²) in [5.74, 6) is -0.540. The van der Waals surface area contributed by atoms with Crippen molar-refractivity contribution in [2.24, 2.45) is 0 Å². The van der Waals surface area contributed by atoms with Crippen LogP contribution in [0.4, 0.5) is 18.9 Å². The third-order valence-electron chi connectivity index (χ3n) is 2.59. The van der Waals surface area contributed by atoms with E-state index in [1.54, 1.807) is 6.07 Å². The Morgan fingerprint density at radius 2 is 2.05 bits per heavy atom. The molecule has 0 saturated heterocycles. The van der Waals surface area contributed by atoms with Gasteiger partial charge in [-0.1, -0.05) is 12.6 Å². The number of pyridine rings is 1. The van der Waals surface area contributed by atoms with E-state index in [-0.39, 0.29) is 17.3 Å². The molecule has 2 rings (SSSR count). The molecule has 0 aliphatic carbocycles. The van der Waals surface area contributed by atoms with Gasteiger partial charge in [-0.3, -0.25) is 4.79 Å². The minimum absolute atomic E-state index is 0.0166. The van der Waals surface area contributed by atoms with Gasteiger partial charge in [-0.05, 0) is 36.4 Å². The first-order valence-corrected chi connectivity index (χ1v) is 6.13. The van der Waals surface area contributed by atoms with Crippen molar-refractivity contribution < 1.29 is 22.7 Å². The molecule has 0 bridgehead atoms. The SMILES string of the molecule is C=CC(=O)Nc1cccnc1Oc1cccc(C(F)(F)F)c1. The highest BCUT2D eigenvalue weighted by atomic mass is 19.4. The predicted molar refractivity (Wildman–Crippen MR) is 74.6 cm³/mol. The second-order valence-electron chi connectivity index (χ2n) is 4.18. The van der Waals surface area contributed by atoms with Crippen LogP contribution in [0.5, 0.6) is 11.6 Å². The molecule has 1 aromatic carbocycles. The summed E-state index contributed by atoms with van der Waals surface area (Å²) in [4.78, 5) is 15.2. The lowest BCUT2D eigenvalue weighted by Gasteiger charge is -2.12. The number of aromatic nitrogens is 1. The molecule has 114 valence electrons. The number of anilines is 1. The van der Waals surface area contributed by atoms with Crippen molar-refractivity contribution in [2.75, 3.05) is 5.32 Å². The minimum Gasteiger partial charge on any atom is -0.437 e. The molecule has 0 saturated carbocycles. The Labute approximate surface area is 124 Å². The topological polar surface area (TPSA) is 51.2 Å². The van der Waals surface area contributed by atoms with Gasteiger partial charge in [-0.2, -0.15) is 13.2 Å². The van der Waals surface area contributed by atoms with Gasteiger partial charge >= 0.3 is 6.18 Å². The van der Waals surface area contributed by atoms with Crippen LogP contribution < -0.4 is 10.1 Å². The lowest BCUT2D eigenvalue weighted by Crippen LogP contribution is -2.09. The van der Waals surface area contributed by atoms with E-state index in [0.29, 0.717) is 0 Å². The Balaban J connectivity index is 2.28. The quantitative estimate of drug-likeness (QED) is 0.868. The van der Waals surface area contributed by atoms with Gasteiger partial charge in [0.1, 0.15) is 11.4 Å². The van der Waals surface area contributed by atoms with Crippen molar-refractivity contribution in [3.63, 3.8) is 0 Å². The van der Waals surface area contributed by atoms with Crippen molar-refractivity contribution in [1.29, 1.82) is 0 Å². The first-order chi connectivity index (χ1) is 10.4. The lowest BCUT2D eigenvalue weighted by molar-refractivity contribution is -0.137. The van der Waals surface area contributed by atoms with E-state index >= 15 is 0 Å². The molecule has 0 aliphatic rings.